The van der Waals surface area contributed by atoms with Gasteiger partial charge in [0.05, 0.1) is 5.69 Å². The van der Waals surface area contributed by atoms with Crippen molar-refractivity contribution in [2.24, 2.45) is 0 Å². The molecule has 0 saturated carbocycles. The van der Waals surface area contributed by atoms with E-state index in [1.54, 1.807) is 13.0 Å². The van der Waals surface area contributed by atoms with E-state index in [0.29, 0.717) is 5.65 Å². The van der Waals surface area contributed by atoms with Crippen molar-refractivity contribution in [1.29, 1.82) is 0 Å². The lowest BCUT2D eigenvalue weighted by Crippen LogP contribution is -1.92. The summed E-state index contributed by atoms with van der Waals surface area (Å²) in [6, 6.07) is 1.55. The summed E-state index contributed by atoms with van der Waals surface area (Å²) in [6.45, 7) is 1.79. The lowest BCUT2D eigenvalue weighted by Gasteiger charge is -1.95. The monoisotopic (exact) mass is 150 g/mol. The van der Waals surface area contributed by atoms with E-state index in [0.717, 1.165) is 5.69 Å². The maximum absolute atomic E-state index is 9.28. The van der Waals surface area contributed by atoms with Crippen molar-refractivity contribution in [2.45, 2.75) is 6.92 Å². The molecule has 2 heterocycles. The van der Waals surface area contributed by atoms with Gasteiger partial charge >= 0.3 is 0 Å². The number of hydrogen-bond acceptors (Lipinski definition) is 4. The predicted molar refractivity (Wildman–Crippen MR) is 37.2 cm³/mol. The van der Waals surface area contributed by atoms with E-state index in [-0.39, 0.29) is 5.75 Å². The lowest BCUT2D eigenvalue weighted by molar-refractivity contribution is 0.474. The highest BCUT2D eigenvalue weighted by atomic mass is 16.3. The van der Waals surface area contributed by atoms with E-state index in [1.807, 2.05) is 0 Å². The second kappa shape index (κ2) is 1.91. The number of aromatic nitrogens is 4. The van der Waals surface area contributed by atoms with Crippen LogP contribution in [-0.4, -0.2) is 24.9 Å². The number of hydrogen-bond donors (Lipinski definition) is 1. The molecule has 5 heteroatoms. The highest BCUT2D eigenvalue weighted by Crippen LogP contribution is 2.13. The van der Waals surface area contributed by atoms with Crippen LogP contribution in [0.5, 0.6) is 5.75 Å². The molecule has 0 aliphatic heterocycles. The Labute approximate surface area is 62.3 Å². The Balaban J connectivity index is 2.91. The molecule has 0 aliphatic rings. The minimum Gasteiger partial charge on any atom is -0.504 e. The SMILES string of the molecule is Cc1cc(O)c2nncn2n1. The maximum atomic E-state index is 9.28. The lowest BCUT2D eigenvalue weighted by atomic mass is 10.4. The van der Waals surface area contributed by atoms with Crippen LogP contribution in [0.25, 0.3) is 5.65 Å². The van der Waals surface area contributed by atoms with Crippen molar-refractivity contribution in [2.75, 3.05) is 0 Å². The average Bonchev–Trinajstić information content (AvgIpc) is 2.34. The van der Waals surface area contributed by atoms with E-state index in [9.17, 15) is 5.11 Å². The van der Waals surface area contributed by atoms with Gasteiger partial charge in [-0.25, -0.2) is 0 Å². The first-order valence-electron chi connectivity index (χ1n) is 3.14. The first-order chi connectivity index (χ1) is 5.27. The molecule has 0 bridgehead atoms. The molecule has 1 N–H and O–H groups in total. The Morgan fingerprint density at radius 3 is 3.18 bits per heavy atom. The molecule has 0 saturated heterocycles. The minimum atomic E-state index is 0.106. The molecule has 56 valence electrons. The van der Waals surface area contributed by atoms with E-state index in [2.05, 4.69) is 15.3 Å². The molecule has 11 heavy (non-hydrogen) atoms. The zero-order chi connectivity index (χ0) is 7.84. The number of rotatable bonds is 0. The molecule has 0 aliphatic carbocycles. The Kier molecular flexibility index (Phi) is 1.06. The van der Waals surface area contributed by atoms with Crippen LogP contribution in [0.15, 0.2) is 12.4 Å². The van der Waals surface area contributed by atoms with Crippen molar-refractivity contribution >= 4 is 5.65 Å². The summed E-state index contributed by atoms with van der Waals surface area (Å²) in [5, 5.41) is 20.6. The molecule has 0 fully saturated rings. The van der Waals surface area contributed by atoms with Gasteiger partial charge in [0.2, 0.25) is 5.65 Å². The normalized spacial score (nSPS) is 10.6. The van der Waals surface area contributed by atoms with Gasteiger partial charge in [-0.15, -0.1) is 10.2 Å². The molecule has 2 aromatic heterocycles. The molecule has 0 unspecified atom stereocenters. The summed E-state index contributed by atoms with van der Waals surface area (Å²) in [4.78, 5) is 0. The molecule has 2 aromatic rings. The number of aryl methyl sites for hydroxylation is 1. The summed E-state index contributed by atoms with van der Waals surface area (Å²) in [5.74, 6) is 0.106. The summed E-state index contributed by atoms with van der Waals surface area (Å²) in [6.07, 6.45) is 1.45. The van der Waals surface area contributed by atoms with E-state index in [1.165, 1.54) is 10.8 Å². The van der Waals surface area contributed by atoms with Crippen LogP contribution in [0, 0.1) is 6.92 Å². The quantitative estimate of drug-likeness (QED) is 0.580. The molecule has 0 amide bonds. The Morgan fingerprint density at radius 1 is 1.55 bits per heavy atom. The first-order valence-corrected chi connectivity index (χ1v) is 3.14. The smallest absolute Gasteiger partial charge is 0.219 e. The summed E-state index contributed by atoms with van der Waals surface area (Å²) in [7, 11) is 0. The summed E-state index contributed by atoms with van der Waals surface area (Å²) < 4.78 is 1.44. The molecule has 0 atom stereocenters. The average molecular weight is 150 g/mol. The van der Waals surface area contributed by atoms with E-state index < -0.39 is 0 Å². The largest absolute Gasteiger partial charge is 0.504 e. The predicted octanol–water partition coefficient (Wildman–Crippen LogP) is 0.138. The van der Waals surface area contributed by atoms with Crippen molar-refractivity contribution in [3.05, 3.63) is 18.1 Å². The van der Waals surface area contributed by atoms with Crippen LogP contribution < -0.4 is 0 Å². The zero-order valence-electron chi connectivity index (χ0n) is 5.89. The number of nitrogens with zero attached hydrogens (tertiary/aromatic N) is 4. The molecular formula is C6H6N4O. The highest BCUT2D eigenvalue weighted by molar-refractivity contribution is 5.50. The Morgan fingerprint density at radius 2 is 2.36 bits per heavy atom. The van der Waals surface area contributed by atoms with E-state index in [4.69, 9.17) is 0 Å². The second-order valence-corrected chi connectivity index (χ2v) is 2.27. The van der Waals surface area contributed by atoms with Gasteiger partial charge in [0.1, 0.15) is 6.33 Å². The standard InChI is InChI=1S/C6H6N4O/c1-4-2-5(11)6-8-7-3-10(6)9-4/h2-3,11H,1H3. The minimum absolute atomic E-state index is 0.106. The second-order valence-electron chi connectivity index (χ2n) is 2.27. The van der Waals surface area contributed by atoms with Crippen LogP contribution >= 0.6 is 0 Å². The van der Waals surface area contributed by atoms with E-state index >= 15 is 0 Å². The number of aromatic hydroxyl groups is 1. The van der Waals surface area contributed by atoms with Crippen LogP contribution in [0.2, 0.25) is 0 Å². The first kappa shape index (κ1) is 6.09. The van der Waals surface area contributed by atoms with Gasteiger partial charge in [-0.2, -0.15) is 9.61 Å². The third-order valence-electron chi connectivity index (χ3n) is 1.37. The van der Waals surface area contributed by atoms with Gasteiger partial charge in [0, 0.05) is 6.07 Å². The molecule has 0 radical (unpaired) electrons. The number of fused-ring (bicyclic) bond motifs is 1. The van der Waals surface area contributed by atoms with Gasteiger partial charge in [0.25, 0.3) is 0 Å². The third-order valence-corrected chi connectivity index (χ3v) is 1.37. The van der Waals surface area contributed by atoms with Crippen molar-refractivity contribution in [3.63, 3.8) is 0 Å². The molecule has 5 nitrogen and oxygen atoms in total. The van der Waals surface area contributed by atoms with Gasteiger partial charge < -0.3 is 5.11 Å². The fourth-order valence-electron chi connectivity index (χ4n) is 0.933. The molecule has 0 spiro atoms. The molecular weight excluding hydrogens is 144 g/mol. The fourth-order valence-corrected chi connectivity index (χ4v) is 0.933. The van der Waals surface area contributed by atoms with Gasteiger partial charge in [-0.05, 0) is 6.92 Å². The van der Waals surface area contributed by atoms with Crippen molar-refractivity contribution in [1.82, 2.24) is 19.8 Å². The zero-order valence-corrected chi connectivity index (χ0v) is 5.89. The Bertz CT molecular complexity index is 394. The highest BCUT2D eigenvalue weighted by Gasteiger charge is 2.02. The fraction of sp³-hybridized carbons (Fsp3) is 0.167. The van der Waals surface area contributed by atoms with Crippen LogP contribution in [0.4, 0.5) is 0 Å². The molecule has 0 aromatic carbocycles. The maximum Gasteiger partial charge on any atom is 0.219 e. The van der Waals surface area contributed by atoms with Crippen LogP contribution in [-0.2, 0) is 0 Å². The van der Waals surface area contributed by atoms with Crippen LogP contribution in [0.1, 0.15) is 5.69 Å². The topological polar surface area (TPSA) is 63.3 Å². The Hall–Kier alpha value is -1.65. The summed E-state index contributed by atoms with van der Waals surface area (Å²) in [5.41, 5.74) is 1.12. The van der Waals surface area contributed by atoms with Crippen LogP contribution in [0.3, 0.4) is 0 Å². The third kappa shape index (κ3) is 0.813. The summed E-state index contributed by atoms with van der Waals surface area (Å²) >= 11 is 0. The van der Waals surface area contributed by atoms with Gasteiger partial charge in [-0.1, -0.05) is 0 Å². The van der Waals surface area contributed by atoms with Crippen molar-refractivity contribution in [3.8, 4) is 5.75 Å². The van der Waals surface area contributed by atoms with Gasteiger partial charge in [0.15, 0.2) is 5.75 Å². The molecule has 2 rings (SSSR count). The van der Waals surface area contributed by atoms with Gasteiger partial charge in [-0.3, -0.25) is 0 Å². The van der Waals surface area contributed by atoms with Crippen molar-refractivity contribution < 1.29 is 5.11 Å².